The van der Waals surface area contributed by atoms with Crippen molar-refractivity contribution >= 4 is 53.3 Å². The number of hydrogen-bond donors (Lipinski definition) is 0. The van der Waals surface area contributed by atoms with Crippen LogP contribution in [-0.4, -0.2) is 19.5 Å². The number of thiophene rings is 1. The molecule has 0 aliphatic heterocycles. The van der Waals surface area contributed by atoms with Crippen LogP contribution in [0.1, 0.15) is 25.0 Å². The van der Waals surface area contributed by atoms with Gasteiger partial charge >= 0.3 is 0 Å². The summed E-state index contributed by atoms with van der Waals surface area (Å²) in [6.45, 7) is 4.73. The second kappa shape index (κ2) is 14.5. The number of benzene rings is 9. The molecule has 13 rings (SSSR count). The summed E-state index contributed by atoms with van der Waals surface area (Å²) in [7, 11) is 0. The molecule has 5 heteroatoms. The normalized spacial score (nSPS) is 12.9. The summed E-state index contributed by atoms with van der Waals surface area (Å²) in [6, 6.07) is 74.2. The first kappa shape index (κ1) is 37.6. The van der Waals surface area contributed by atoms with Crippen LogP contribution >= 0.6 is 11.3 Å². The Hall–Kier alpha value is -7.99. The first-order chi connectivity index (χ1) is 32.0. The zero-order valence-electron chi connectivity index (χ0n) is 35.8. The largest absolute Gasteiger partial charge is 0.309 e. The Morgan fingerprint density at radius 2 is 0.862 bits per heavy atom. The highest BCUT2D eigenvalue weighted by atomic mass is 32.1. The molecule has 0 saturated carbocycles. The van der Waals surface area contributed by atoms with E-state index in [2.05, 4.69) is 164 Å². The van der Waals surface area contributed by atoms with Gasteiger partial charge in [0.15, 0.2) is 17.5 Å². The van der Waals surface area contributed by atoms with Crippen molar-refractivity contribution in [1.29, 1.82) is 0 Å². The minimum absolute atomic E-state index is 0.0924. The first-order valence-electron chi connectivity index (χ1n) is 22.2. The van der Waals surface area contributed by atoms with Crippen LogP contribution in [0.2, 0.25) is 0 Å². The molecule has 1 aliphatic rings. The lowest BCUT2D eigenvalue weighted by atomic mass is 9.82. The summed E-state index contributed by atoms with van der Waals surface area (Å²) in [5.41, 5.74) is 16.6. The SMILES string of the molecule is CC1(C)c2ccccc2-c2cc3c4cc(-c5cccc6c5sc5c(-c7cccc(-c8nc(-c9ccccc9)nc(-c9ccccc9)n8)c7)cccc56)ccc4n(-c4ccccc4)c3cc21. The third kappa shape index (κ3) is 5.93. The maximum Gasteiger partial charge on any atom is 0.164 e. The summed E-state index contributed by atoms with van der Waals surface area (Å²) in [6.07, 6.45) is 0. The molecule has 0 radical (unpaired) electrons. The fourth-order valence-corrected chi connectivity index (χ4v) is 11.6. The van der Waals surface area contributed by atoms with E-state index in [-0.39, 0.29) is 5.41 Å². The van der Waals surface area contributed by atoms with Crippen molar-refractivity contribution in [2.75, 3.05) is 0 Å². The van der Waals surface area contributed by atoms with Gasteiger partial charge < -0.3 is 4.57 Å². The zero-order valence-corrected chi connectivity index (χ0v) is 36.6. The monoisotopic (exact) mass is 848 g/mol. The standard InChI is InChI=1S/C60H40N4S/c1-60(2)51-30-13-12-25-45(51)48-35-50-49-34-40(31-32-53(49)64(54(50)36-52(48)60)42-23-10-5-11-24-42)44-27-16-29-47-46-28-15-26-43(55(46)65-56(44)47)39-21-14-22-41(33-39)59-62-57(37-17-6-3-7-18-37)61-58(63-59)38-19-8-4-9-20-38/h3-36H,1-2H3. The predicted molar refractivity (Wildman–Crippen MR) is 272 cm³/mol. The van der Waals surface area contributed by atoms with E-state index >= 15 is 0 Å². The van der Waals surface area contributed by atoms with Crippen LogP contribution in [0.15, 0.2) is 206 Å². The first-order valence-corrected chi connectivity index (χ1v) is 23.0. The molecule has 0 saturated heterocycles. The molecule has 3 heterocycles. The van der Waals surface area contributed by atoms with Crippen molar-refractivity contribution in [3.05, 3.63) is 217 Å². The Morgan fingerprint density at radius 3 is 1.52 bits per heavy atom. The average Bonchev–Trinajstić information content (AvgIpc) is 3.99. The highest BCUT2D eigenvalue weighted by molar-refractivity contribution is 7.26. The molecule has 0 spiro atoms. The fraction of sp³-hybridized carbons (Fsp3) is 0.0500. The second-order valence-corrected chi connectivity index (χ2v) is 18.6. The molecular formula is C60H40N4S. The highest BCUT2D eigenvalue weighted by Gasteiger charge is 2.36. The summed E-state index contributed by atoms with van der Waals surface area (Å²) in [5.74, 6) is 1.95. The molecule has 0 atom stereocenters. The number of rotatable bonds is 6. The lowest BCUT2D eigenvalue weighted by Gasteiger charge is -2.21. The van der Waals surface area contributed by atoms with Crippen LogP contribution < -0.4 is 0 Å². The van der Waals surface area contributed by atoms with Crippen molar-refractivity contribution in [3.8, 4) is 73.2 Å². The predicted octanol–water partition coefficient (Wildman–Crippen LogP) is 16.0. The van der Waals surface area contributed by atoms with E-state index in [1.807, 2.05) is 72.0 Å². The van der Waals surface area contributed by atoms with Gasteiger partial charge in [0.25, 0.3) is 0 Å². The topological polar surface area (TPSA) is 43.6 Å². The van der Waals surface area contributed by atoms with Crippen LogP contribution in [0.3, 0.4) is 0 Å². The smallest absolute Gasteiger partial charge is 0.164 e. The van der Waals surface area contributed by atoms with Crippen molar-refractivity contribution in [2.45, 2.75) is 19.3 Å². The van der Waals surface area contributed by atoms with Gasteiger partial charge in [-0.05, 0) is 87.0 Å². The molecule has 0 amide bonds. The number of fused-ring (bicyclic) bond motifs is 9. The zero-order chi connectivity index (χ0) is 43.2. The maximum atomic E-state index is 5.05. The van der Waals surface area contributed by atoms with Crippen LogP contribution in [0.25, 0.3) is 115 Å². The van der Waals surface area contributed by atoms with Crippen LogP contribution in [0.5, 0.6) is 0 Å². The number of para-hydroxylation sites is 1. The van der Waals surface area contributed by atoms with Crippen molar-refractivity contribution in [1.82, 2.24) is 19.5 Å². The number of aromatic nitrogens is 4. The van der Waals surface area contributed by atoms with Gasteiger partial charge in [-0.25, -0.2) is 15.0 Å². The number of hydrogen-bond acceptors (Lipinski definition) is 4. The van der Waals surface area contributed by atoms with Crippen molar-refractivity contribution in [2.24, 2.45) is 0 Å². The van der Waals surface area contributed by atoms with E-state index in [0.717, 1.165) is 22.3 Å². The van der Waals surface area contributed by atoms with Gasteiger partial charge in [-0.1, -0.05) is 178 Å². The molecule has 9 aromatic carbocycles. The molecule has 0 fully saturated rings. The van der Waals surface area contributed by atoms with Crippen molar-refractivity contribution in [3.63, 3.8) is 0 Å². The summed E-state index contributed by atoms with van der Waals surface area (Å²) in [5, 5.41) is 5.05. The molecule has 0 unspecified atom stereocenters. The number of nitrogens with zero attached hydrogens (tertiary/aromatic N) is 4. The van der Waals surface area contributed by atoms with Gasteiger partial charge in [0.1, 0.15) is 0 Å². The molecular weight excluding hydrogens is 809 g/mol. The molecule has 1 aliphatic carbocycles. The minimum Gasteiger partial charge on any atom is -0.309 e. The molecule has 65 heavy (non-hydrogen) atoms. The van der Waals surface area contributed by atoms with Gasteiger partial charge in [-0.15, -0.1) is 11.3 Å². The van der Waals surface area contributed by atoms with Gasteiger partial charge in [0.2, 0.25) is 0 Å². The van der Waals surface area contributed by atoms with Gasteiger partial charge in [-0.3, -0.25) is 0 Å². The van der Waals surface area contributed by atoms with Gasteiger partial charge in [0, 0.05) is 58.7 Å². The van der Waals surface area contributed by atoms with Gasteiger partial charge in [-0.2, -0.15) is 0 Å². The third-order valence-corrected chi connectivity index (χ3v) is 14.7. The van der Waals surface area contributed by atoms with Crippen LogP contribution in [-0.2, 0) is 5.41 Å². The lowest BCUT2D eigenvalue weighted by molar-refractivity contribution is 0.661. The van der Waals surface area contributed by atoms with Gasteiger partial charge in [0.05, 0.1) is 11.0 Å². The maximum absolute atomic E-state index is 5.05. The van der Waals surface area contributed by atoms with Crippen LogP contribution in [0, 0.1) is 0 Å². The average molecular weight is 849 g/mol. The van der Waals surface area contributed by atoms with E-state index in [4.69, 9.17) is 15.0 Å². The van der Waals surface area contributed by atoms with E-state index < -0.39 is 0 Å². The van der Waals surface area contributed by atoms with Crippen LogP contribution in [0.4, 0.5) is 0 Å². The minimum atomic E-state index is -0.0924. The summed E-state index contributed by atoms with van der Waals surface area (Å²) < 4.78 is 5.00. The Bertz CT molecular complexity index is 3790. The summed E-state index contributed by atoms with van der Waals surface area (Å²) >= 11 is 1.88. The van der Waals surface area contributed by atoms with E-state index in [1.54, 1.807) is 0 Å². The third-order valence-electron chi connectivity index (χ3n) is 13.4. The summed E-state index contributed by atoms with van der Waals surface area (Å²) in [4.78, 5) is 15.0. The molecule has 4 nitrogen and oxygen atoms in total. The van der Waals surface area contributed by atoms with Crippen molar-refractivity contribution < 1.29 is 0 Å². The Labute approximate surface area is 380 Å². The Kier molecular flexibility index (Phi) is 8.39. The Balaban J connectivity index is 0.961. The lowest BCUT2D eigenvalue weighted by Crippen LogP contribution is -2.14. The Morgan fingerprint density at radius 1 is 0.354 bits per heavy atom. The highest BCUT2D eigenvalue weighted by Crippen LogP contribution is 2.52. The molecule has 0 bridgehead atoms. The van der Waals surface area contributed by atoms with E-state index in [9.17, 15) is 0 Å². The quantitative estimate of drug-likeness (QED) is 0.167. The molecule has 3 aromatic heterocycles. The molecule has 0 N–H and O–H groups in total. The second-order valence-electron chi connectivity index (χ2n) is 17.6. The fourth-order valence-electron chi connectivity index (χ4n) is 10.3. The molecule has 306 valence electrons. The van der Waals surface area contributed by atoms with E-state index in [0.29, 0.717) is 17.5 Å². The van der Waals surface area contributed by atoms with E-state index in [1.165, 1.54) is 86.6 Å². The molecule has 12 aromatic rings.